The number of esters is 2. The summed E-state index contributed by atoms with van der Waals surface area (Å²) >= 11 is 0. The van der Waals surface area contributed by atoms with E-state index in [4.69, 9.17) is 18.9 Å². The lowest BCUT2D eigenvalue weighted by Gasteiger charge is -2.09. The van der Waals surface area contributed by atoms with Crippen LogP contribution in [0.1, 0.15) is 30.9 Å². The van der Waals surface area contributed by atoms with Crippen molar-refractivity contribution in [1.29, 1.82) is 0 Å². The molecule has 0 aliphatic carbocycles. The Kier molecular flexibility index (Phi) is 6.29. The summed E-state index contributed by atoms with van der Waals surface area (Å²) < 4.78 is 21.0. The van der Waals surface area contributed by atoms with E-state index in [0.29, 0.717) is 41.2 Å². The highest BCUT2D eigenvalue weighted by Gasteiger charge is 2.24. The molecular formula is C22H21NO6. The van der Waals surface area contributed by atoms with Gasteiger partial charge in [0.05, 0.1) is 14.2 Å². The predicted molar refractivity (Wildman–Crippen MR) is 107 cm³/mol. The minimum atomic E-state index is -0.548. The van der Waals surface area contributed by atoms with Crippen LogP contribution in [0.3, 0.4) is 0 Å². The number of aliphatic imine (C=N–C) groups is 1. The Morgan fingerprint density at radius 1 is 1.07 bits per heavy atom. The quantitative estimate of drug-likeness (QED) is 0.403. The molecule has 0 amide bonds. The zero-order valence-electron chi connectivity index (χ0n) is 16.4. The van der Waals surface area contributed by atoms with Gasteiger partial charge in [0.25, 0.3) is 0 Å². The molecule has 0 aromatic heterocycles. The van der Waals surface area contributed by atoms with Crippen LogP contribution >= 0.6 is 0 Å². The zero-order chi connectivity index (χ0) is 20.8. The molecule has 0 radical (unpaired) electrons. The van der Waals surface area contributed by atoms with Gasteiger partial charge >= 0.3 is 11.9 Å². The second-order valence-corrected chi connectivity index (χ2v) is 6.20. The molecule has 0 atom stereocenters. The first kappa shape index (κ1) is 20.1. The van der Waals surface area contributed by atoms with Crippen molar-refractivity contribution >= 4 is 23.9 Å². The van der Waals surface area contributed by atoms with Gasteiger partial charge in [0, 0.05) is 12.0 Å². The molecule has 3 rings (SSSR count). The summed E-state index contributed by atoms with van der Waals surface area (Å²) in [6.45, 7) is 1.90. The minimum Gasteiger partial charge on any atom is -0.497 e. The van der Waals surface area contributed by atoms with Crippen LogP contribution in [0.2, 0.25) is 0 Å². The number of benzene rings is 2. The largest absolute Gasteiger partial charge is 0.497 e. The van der Waals surface area contributed by atoms with E-state index in [1.165, 1.54) is 7.11 Å². The molecule has 0 spiro atoms. The van der Waals surface area contributed by atoms with E-state index in [1.54, 1.807) is 55.7 Å². The molecule has 150 valence electrons. The van der Waals surface area contributed by atoms with Gasteiger partial charge in [-0.05, 0) is 54.5 Å². The van der Waals surface area contributed by atoms with E-state index < -0.39 is 5.97 Å². The van der Waals surface area contributed by atoms with Crippen molar-refractivity contribution in [2.75, 3.05) is 14.2 Å². The summed E-state index contributed by atoms with van der Waals surface area (Å²) in [7, 11) is 3.06. The average Bonchev–Trinajstić information content (AvgIpc) is 3.09. The van der Waals surface area contributed by atoms with E-state index >= 15 is 0 Å². The van der Waals surface area contributed by atoms with Gasteiger partial charge in [-0.1, -0.05) is 13.0 Å². The maximum absolute atomic E-state index is 12.2. The first-order valence-electron chi connectivity index (χ1n) is 9.09. The van der Waals surface area contributed by atoms with Crippen LogP contribution in [0, 0.1) is 0 Å². The summed E-state index contributed by atoms with van der Waals surface area (Å²) in [4.78, 5) is 28.2. The number of hydrogen-bond donors (Lipinski definition) is 0. The Bertz CT molecular complexity index is 975. The van der Waals surface area contributed by atoms with Gasteiger partial charge in [-0.25, -0.2) is 9.79 Å². The lowest BCUT2D eigenvalue weighted by Crippen LogP contribution is -2.07. The molecule has 1 aliphatic heterocycles. The van der Waals surface area contributed by atoms with Crippen molar-refractivity contribution in [1.82, 2.24) is 0 Å². The first-order chi connectivity index (χ1) is 14.0. The fraction of sp³-hybridized carbons (Fsp3) is 0.227. The van der Waals surface area contributed by atoms with Crippen molar-refractivity contribution in [3.63, 3.8) is 0 Å². The monoisotopic (exact) mass is 395 g/mol. The standard InChI is InChI=1S/C22H21NO6/c1-4-5-20(24)28-18-11-6-14(13-19(18)27-3)12-17-22(25)29-21(23-17)15-7-9-16(26-2)10-8-15/h6-13H,4-5H2,1-3H3/b17-12+. The lowest BCUT2D eigenvalue weighted by molar-refractivity contribution is -0.134. The van der Waals surface area contributed by atoms with E-state index in [0.717, 1.165) is 0 Å². The molecule has 2 aromatic carbocycles. The normalized spacial score (nSPS) is 14.4. The number of nitrogens with zero attached hydrogens (tertiary/aromatic N) is 1. The van der Waals surface area contributed by atoms with Gasteiger partial charge < -0.3 is 18.9 Å². The maximum Gasteiger partial charge on any atom is 0.363 e. The Hall–Kier alpha value is -3.61. The summed E-state index contributed by atoms with van der Waals surface area (Å²) in [6, 6.07) is 12.0. The van der Waals surface area contributed by atoms with E-state index in [-0.39, 0.29) is 17.6 Å². The van der Waals surface area contributed by atoms with Crippen LogP contribution in [0.25, 0.3) is 6.08 Å². The fourth-order valence-corrected chi connectivity index (χ4v) is 2.66. The van der Waals surface area contributed by atoms with Crippen molar-refractivity contribution in [2.45, 2.75) is 19.8 Å². The Labute approximate surface area is 168 Å². The second-order valence-electron chi connectivity index (χ2n) is 6.20. The molecule has 0 saturated heterocycles. The SMILES string of the molecule is CCCC(=O)Oc1ccc(/C=C2/N=C(c3ccc(OC)cc3)OC2=O)cc1OC. The van der Waals surface area contributed by atoms with Crippen LogP contribution in [-0.4, -0.2) is 32.1 Å². The first-order valence-corrected chi connectivity index (χ1v) is 9.09. The minimum absolute atomic E-state index is 0.161. The highest BCUT2D eigenvalue weighted by Crippen LogP contribution is 2.30. The third-order valence-corrected chi connectivity index (χ3v) is 4.13. The number of methoxy groups -OCH3 is 2. The van der Waals surface area contributed by atoms with Crippen LogP contribution in [0.5, 0.6) is 17.2 Å². The average molecular weight is 395 g/mol. The summed E-state index contributed by atoms with van der Waals surface area (Å²) in [5.74, 6) is 0.750. The third kappa shape index (κ3) is 4.82. The number of carbonyl (C=O) groups is 2. The topological polar surface area (TPSA) is 83.4 Å². The van der Waals surface area contributed by atoms with Gasteiger partial charge in [0.2, 0.25) is 5.90 Å². The number of hydrogen-bond acceptors (Lipinski definition) is 7. The van der Waals surface area contributed by atoms with Gasteiger partial charge in [-0.15, -0.1) is 0 Å². The molecule has 29 heavy (non-hydrogen) atoms. The summed E-state index contributed by atoms with van der Waals surface area (Å²) in [6.07, 6.45) is 2.60. The van der Waals surface area contributed by atoms with E-state index in [9.17, 15) is 9.59 Å². The van der Waals surface area contributed by atoms with Crippen molar-refractivity contribution in [2.24, 2.45) is 4.99 Å². The molecule has 1 heterocycles. The molecule has 1 aliphatic rings. The Morgan fingerprint density at radius 3 is 2.48 bits per heavy atom. The maximum atomic E-state index is 12.2. The molecule has 7 heteroatoms. The molecule has 0 fully saturated rings. The van der Waals surface area contributed by atoms with E-state index in [2.05, 4.69) is 4.99 Å². The summed E-state index contributed by atoms with van der Waals surface area (Å²) in [5.41, 5.74) is 1.48. The zero-order valence-corrected chi connectivity index (χ0v) is 16.4. The number of rotatable bonds is 7. The summed E-state index contributed by atoms with van der Waals surface area (Å²) in [5, 5.41) is 0. The third-order valence-electron chi connectivity index (χ3n) is 4.13. The van der Waals surface area contributed by atoms with Crippen LogP contribution < -0.4 is 14.2 Å². The van der Waals surface area contributed by atoms with Gasteiger partial charge in [0.1, 0.15) is 5.75 Å². The highest BCUT2D eigenvalue weighted by molar-refractivity contribution is 6.12. The van der Waals surface area contributed by atoms with Crippen LogP contribution in [0.15, 0.2) is 53.2 Å². The van der Waals surface area contributed by atoms with Gasteiger partial charge in [0.15, 0.2) is 17.2 Å². The number of carbonyl (C=O) groups excluding carboxylic acids is 2. The van der Waals surface area contributed by atoms with Crippen molar-refractivity contribution in [3.05, 3.63) is 59.3 Å². The molecule has 0 bridgehead atoms. The lowest BCUT2D eigenvalue weighted by atomic mass is 10.1. The van der Waals surface area contributed by atoms with Crippen molar-refractivity contribution < 1.29 is 28.5 Å². The Morgan fingerprint density at radius 2 is 1.83 bits per heavy atom. The van der Waals surface area contributed by atoms with Crippen LogP contribution in [-0.2, 0) is 14.3 Å². The Balaban J connectivity index is 1.83. The smallest absolute Gasteiger partial charge is 0.363 e. The molecule has 2 aromatic rings. The van der Waals surface area contributed by atoms with Crippen LogP contribution in [0.4, 0.5) is 0 Å². The highest BCUT2D eigenvalue weighted by atomic mass is 16.6. The molecule has 7 nitrogen and oxygen atoms in total. The molecular weight excluding hydrogens is 374 g/mol. The predicted octanol–water partition coefficient (Wildman–Crippen LogP) is 3.75. The second kappa shape index (κ2) is 9.05. The van der Waals surface area contributed by atoms with Gasteiger partial charge in [-0.3, -0.25) is 4.79 Å². The number of cyclic esters (lactones) is 1. The molecule has 0 saturated carbocycles. The fourth-order valence-electron chi connectivity index (χ4n) is 2.66. The number of ether oxygens (including phenoxy) is 4. The molecule has 0 unspecified atom stereocenters. The van der Waals surface area contributed by atoms with E-state index in [1.807, 2.05) is 6.92 Å². The molecule has 0 N–H and O–H groups in total. The van der Waals surface area contributed by atoms with Gasteiger partial charge in [-0.2, -0.15) is 0 Å². The van der Waals surface area contributed by atoms with Crippen molar-refractivity contribution in [3.8, 4) is 17.2 Å².